The molecule has 0 amide bonds. The van der Waals surface area contributed by atoms with Gasteiger partial charge in [-0.15, -0.1) is 0 Å². The second-order valence-electron chi connectivity index (χ2n) is 4.93. The fourth-order valence-electron chi connectivity index (χ4n) is 1.87. The summed E-state index contributed by atoms with van der Waals surface area (Å²) in [4.78, 5) is 2.44. The molecule has 1 saturated heterocycles. The van der Waals surface area contributed by atoms with Crippen LogP contribution in [-0.4, -0.2) is 49.0 Å². The summed E-state index contributed by atoms with van der Waals surface area (Å²) >= 11 is 0. The van der Waals surface area contributed by atoms with Crippen LogP contribution in [0, 0.1) is 5.41 Å². The van der Waals surface area contributed by atoms with Gasteiger partial charge < -0.3 is 9.84 Å². The molecule has 1 unspecified atom stereocenters. The van der Waals surface area contributed by atoms with Gasteiger partial charge in [-0.3, -0.25) is 4.90 Å². The van der Waals surface area contributed by atoms with Gasteiger partial charge in [0.05, 0.1) is 13.2 Å². The standard InChI is InChI=1S/C11H23NO2/c1-4-10-7-14-6-5-12(10)8-11(2,3)9-13/h10,13H,4-9H2,1-3H3. The van der Waals surface area contributed by atoms with E-state index in [0.29, 0.717) is 6.04 Å². The number of morpholine rings is 1. The highest BCUT2D eigenvalue weighted by Gasteiger charge is 2.27. The van der Waals surface area contributed by atoms with Gasteiger partial charge in [-0.1, -0.05) is 20.8 Å². The van der Waals surface area contributed by atoms with E-state index in [1.807, 2.05) is 0 Å². The van der Waals surface area contributed by atoms with E-state index >= 15 is 0 Å². The molecule has 1 aliphatic heterocycles. The Labute approximate surface area is 87.1 Å². The molecule has 0 radical (unpaired) electrons. The van der Waals surface area contributed by atoms with Gasteiger partial charge in [-0.2, -0.15) is 0 Å². The highest BCUT2D eigenvalue weighted by atomic mass is 16.5. The molecule has 0 aromatic rings. The first-order valence-electron chi connectivity index (χ1n) is 5.51. The van der Waals surface area contributed by atoms with Crippen molar-refractivity contribution in [2.45, 2.75) is 33.2 Å². The summed E-state index contributed by atoms with van der Waals surface area (Å²) in [6.45, 7) is 10.3. The largest absolute Gasteiger partial charge is 0.396 e. The molecule has 1 N–H and O–H groups in total. The minimum atomic E-state index is 0.00472. The number of hydrogen-bond acceptors (Lipinski definition) is 3. The van der Waals surface area contributed by atoms with Crippen LogP contribution in [0.25, 0.3) is 0 Å². The van der Waals surface area contributed by atoms with Gasteiger partial charge in [0.2, 0.25) is 0 Å². The Morgan fingerprint density at radius 1 is 1.50 bits per heavy atom. The highest BCUT2D eigenvalue weighted by Crippen LogP contribution is 2.20. The van der Waals surface area contributed by atoms with E-state index in [9.17, 15) is 5.11 Å². The number of hydrogen-bond donors (Lipinski definition) is 1. The minimum absolute atomic E-state index is 0.00472. The number of nitrogens with zero attached hydrogens (tertiary/aromatic N) is 1. The van der Waals surface area contributed by atoms with Gasteiger partial charge in [0.25, 0.3) is 0 Å². The number of aliphatic hydroxyl groups excluding tert-OH is 1. The van der Waals surface area contributed by atoms with Crippen molar-refractivity contribution >= 4 is 0 Å². The third-order valence-corrected chi connectivity index (χ3v) is 2.88. The topological polar surface area (TPSA) is 32.7 Å². The highest BCUT2D eigenvalue weighted by molar-refractivity contribution is 4.80. The summed E-state index contributed by atoms with van der Waals surface area (Å²) in [5, 5.41) is 9.23. The second kappa shape index (κ2) is 5.10. The summed E-state index contributed by atoms with van der Waals surface area (Å²) < 4.78 is 5.45. The van der Waals surface area contributed by atoms with E-state index in [0.717, 1.165) is 32.7 Å². The van der Waals surface area contributed by atoms with Gasteiger partial charge >= 0.3 is 0 Å². The van der Waals surface area contributed by atoms with E-state index < -0.39 is 0 Å². The Morgan fingerprint density at radius 2 is 2.21 bits per heavy atom. The van der Waals surface area contributed by atoms with Crippen LogP contribution >= 0.6 is 0 Å². The van der Waals surface area contributed by atoms with Crippen LogP contribution < -0.4 is 0 Å². The van der Waals surface area contributed by atoms with Gasteiger partial charge in [-0.25, -0.2) is 0 Å². The van der Waals surface area contributed by atoms with Crippen LogP contribution in [0.5, 0.6) is 0 Å². The molecule has 3 heteroatoms. The molecular weight excluding hydrogens is 178 g/mol. The third kappa shape index (κ3) is 3.23. The lowest BCUT2D eigenvalue weighted by Gasteiger charge is -2.39. The van der Waals surface area contributed by atoms with Crippen LogP contribution in [0.3, 0.4) is 0 Å². The average Bonchev–Trinajstić information content (AvgIpc) is 2.18. The van der Waals surface area contributed by atoms with Crippen LogP contribution in [0.4, 0.5) is 0 Å². The Morgan fingerprint density at radius 3 is 2.79 bits per heavy atom. The maximum absolute atomic E-state index is 9.23. The van der Waals surface area contributed by atoms with Crippen LogP contribution in [0.1, 0.15) is 27.2 Å². The molecule has 0 spiro atoms. The van der Waals surface area contributed by atoms with Gasteiger partial charge in [-0.05, 0) is 6.42 Å². The minimum Gasteiger partial charge on any atom is -0.396 e. The lowest BCUT2D eigenvalue weighted by atomic mass is 9.93. The molecule has 1 aliphatic rings. The fourth-order valence-corrected chi connectivity index (χ4v) is 1.87. The van der Waals surface area contributed by atoms with Crippen LogP contribution in [-0.2, 0) is 4.74 Å². The van der Waals surface area contributed by atoms with Crippen molar-refractivity contribution in [3.05, 3.63) is 0 Å². The summed E-state index contributed by atoms with van der Waals surface area (Å²) in [5.74, 6) is 0. The van der Waals surface area contributed by atoms with E-state index in [1.54, 1.807) is 0 Å². The zero-order chi connectivity index (χ0) is 10.6. The predicted octanol–water partition coefficient (Wildman–Crippen LogP) is 1.12. The first kappa shape index (κ1) is 12.0. The first-order chi connectivity index (χ1) is 6.59. The third-order valence-electron chi connectivity index (χ3n) is 2.88. The van der Waals surface area contributed by atoms with Crippen molar-refractivity contribution in [2.75, 3.05) is 32.9 Å². The summed E-state index contributed by atoms with van der Waals surface area (Å²) in [5.41, 5.74) is 0.00472. The van der Waals surface area contributed by atoms with Crippen LogP contribution in [0.2, 0.25) is 0 Å². The molecule has 0 aromatic heterocycles. The molecule has 0 saturated carbocycles. The molecule has 0 aromatic carbocycles. The Bertz CT molecular complexity index is 171. The monoisotopic (exact) mass is 201 g/mol. The molecule has 3 nitrogen and oxygen atoms in total. The molecule has 1 fully saturated rings. The summed E-state index contributed by atoms with van der Waals surface area (Å²) in [6, 6.07) is 0.537. The number of ether oxygens (including phenoxy) is 1. The van der Waals surface area contributed by atoms with Crippen molar-refractivity contribution in [2.24, 2.45) is 5.41 Å². The van der Waals surface area contributed by atoms with Crippen molar-refractivity contribution in [1.82, 2.24) is 4.90 Å². The molecule has 1 atom stereocenters. The molecule has 0 aliphatic carbocycles. The van der Waals surface area contributed by atoms with Crippen molar-refractivity contribution in [3.8, 4) is 0 Å². The zero-order valence-electron chi connectivity index (χ0n) is 9.62. The molecule has 1 rings (SSSR count). The fraction of sp³-hybridized carbons (Fsp3) is 1.00. The molecule has 1 heterocycles. The number of rotatable bonds is 4. The molecule has 0 bridgehead atoms. The number of aliphatic hydroxyl groups is 1. The lowest BCUT2D eigenvalue weighted by Crippen LogP contribution is -2.49. The Hall–Kier alpha value is -0.120. The van der Waals surface area contributed by atoms with Gasteiger partial charge in [0.15, 0.2) is 0 Å². The maximum Gasteiger partial charge on any atom is 0.0622 e. The second-order valence-corrected chi connectivity index (χ2v) is 4.93. The Kier molecular flexibility index (Phi) is 4.35. The quantitative estimate of drug-likeness (QED) is 0.739. The van der Waals surface area contributed by atoms with E-state index in [1.165, 1.54) is 0 Å². The Balaban J connectivity index is 2.48. The van der Waals surface area contributed by atoms with E-state index in [2.05, 4.69) is 25.7 Å². The van der Waals surface area contributed by atoms with Crippen molar-refractivity contribution in [3.63, 3.8) is 0 Å². The maximum atomic E-state index is 9.23. The first-order valence-corrected chi connectivity index (χ1v) is 5.51. The van der Waals surface area contributed by atoms with Gasteiger partial charge in [0.1, 0.15) is 0 Å². The normalized spacial score (nSPS) is 25.3. The smallest absolute Gasteiger partial charge is 0.0622 e. The summed E-state index contributed by atoms with van der Waals surface area (Å²) in [6.07, 6.45) is 1.13. The molecule has 14 heavy (non-hydrogen) atoms. The molecular formula is C11H23NO2. The van der Waals surface area contributed by atoms with E-state index in [-0.39, 0.29) is 12.0 Å². The summed E-state index contributed by atoms with van der Waals surface area (Å²) in [7, 11) is 0. The lowest BCUT2D eigenvalue weighted by molar-refractivity contribution is -0.0308. The average molecular weight is 201 g/mol. The van der Waals surface area contributed by atoms with Gasteiger partial charge in [0, 0.05) is 31.2 Å². The predicted molar refractivity (Wildman–Crippen MR) is 57.3 cm³/mol. The SMILES string of the molecule is CCC1COCCN1CC(C)(C)CO. The van der Waals surface area contributed by atoms with Crippen molar-refractivity contribution < 1.29 is 9.84 Å². The van der Waals surface area contributed by atoms with Crippen LogP contribution in [0.15, 0.2) is 0 Å². The van der Waals surface area contributed by atoms with Crippen molar-refractivity contribution in [1.29, 1.82) is 0 Å². The van der Waals surface area contributed by atoms with E-state index in [4.69, 9.17) is 4.74 Å². The zero-order valence-corrected chi connectivity index (χ0v) is 9.62. The molecule has 84 valence electrons.